The number of anilines is 1. The number of esters is 1. The molecule has 0 spiro atoms. The molecular weight excluding hydrogens is 372 g/mol. The van der Waals surface area contributed by atoms with Gasteiger partial charge < -0.3 is 15.4 Å². The Labute approximate surface area is 171 Å². The fourth-order valence-corrected chi connectivity index (χ4v) is 5.97. The molecule has 150 valence electrons. The summed E-state index contributed by atoms with van der Waals surface area (Å²) in [6.45, 7) is 2.37. The van der Waals surface area contributed by atoms with Crippen LogP contribution in [0.4, 0.5) is 5.69 Å². The van der Waals surface area contributed by atoms with Gasteiger partial charge in [-0.15, -0.1) is 0 Å². The lowest BCUT2D eigenvalue weighted by Crippen LogP contribution is -2.55. The summed E-state index contributed by atoms with van der Waals surface area (Å²) in [6.07, 6.45) is 7.77. The summed E-state index contributed by atoms with van der Waals surface area (Å²) >= 11 is 5.37. The van der Waals surface area contributed by atoms with Crippen molar-refractivity contribution >= 4 is 34.9 Å². The minimum atomic E-state index is -0.328. The van der Waals surface area contributed by atoms with Crippen LogP contribution in [0.3, 0.4) is 0 Å². The summed E-state index contributed by atoms with van der Waals surface area (Å²) in [6, 6.07) is 6.94. The van der Waals surface area contributed by atoms with Gasteiger partial charge in [-0.25, -0.2) is 4.79 Å². The number of rotatable bonds is 5. The van der Waals surface area contributed by atoms with E-state index >= 15 is 0 Å². The van der Waals surface area contributed by atoms with E-state index in [1.807, 2.05) is 6.92 Å². The van der Waals surface area contributed by atoms with E-state index in [0.717, 1.165) is 49.1 Å². The van der Waals surface area contributed by atoms with Crippen LogP contribution in [-0.2, 0) is 9.53 Å². The Hall–Kier alpha value is -1.95. The van der Waals surface area contributed by atoms with Crippen molar-refractivity contribution < 1.29 is 14.3 Å². The molecule has 1 aromatic rings. The molecule has 4 saturated carbocycles. The molecule has 1 aromatic carbocycles. The third-order valence-electron chi connectivity index (χ3n) is 6.56. The van der Waals surface area contributed by atoms with Crippen LogP contribution >= 0.6 is 12.2 Å². The van der Waals surface area contributed by atoms with Crippen LogP contribution in [0, 0.1) is 23.2 Å². The van der Waals surface area contributed by atoms with Gasteiger partial charge in [0.2, 0.25) is 5.91 Å². The van der Waals surface area contributed by atoms with Crippen LogP contribution in [0.25, 0.3) is 0 Å². The lowest BCUT2D eigenvalue weighted by molar-refractivity contribution is -0.144. The second-order valence-electron chi connectivity index (χ2n) is 8.82. The molecule has 4 bridgehead atoms. The molecule has 0 radical (unpaired) electrons. The van der Waals surface area contributed by atoms with Crippen LogP contribution in [0.15, 0.2) is 24.3 Å². The molecule has 2 N–H and O–H groups in total. The van der Waals surface area contributed by atoms with E-state index in [0.29, 0.717) is 17.3 Å². The Morgan fingerprint density at radius 2 is 1.64 bits per heavy atom. The number of benzene rings is 1. The standard InChI is InChI=1S/C22H28N2O3S/c1-2-7-27-19(25)17-3-5-18(6-4-17)23-21(28)24-20(26)22-11-14-8-15(12-22)10-16(9-14)13-22/h3-6,14-16H,2,7-13H2,1H3,(H2,23,24,26,28). The zero-order chi connectivity index (χ0) is 19.7. The first kappa shape index (κ1) is 19.4. The minimum Gasteiger partial charge on any atom is -0.462 e. The Balaban J connectivity index is 1.33. The number of carbonyl (C=O) groups is 2. The average molecular weight is 401 g/mol. The van der Waals surface area contributed by atoms with Gasteiger partial charge >= 0.3 is 5.97 Å². The largest absolute Gasteiger partial charge is 0.462 e. The van der Waals surface area contributed by atoms with Crippen molar-refractivity contribution in [3.05, 3.63) is 29.8 Å². The molecular formula is C22H28N2O3S. The lowest BCUT2D eigenvalue weighted by atomic mass is 9.49. The summed E-state index contributed by atoms with van der Waals surface area (Å²) in [5.74, 6) is 1.92. The number of carbonyl (C=O) groups excluding carboxylic acids is 2. The highest BCUT2D eigenvalue weighted by Gasteiger charge is 2.54. The molecule has 1 amide bonds. The molecule has 4 aliphatic carbocycles. The van der Waals surface area contributed by atoms with Crippen LogP contribution in [0.5, 0.6) is 0 Å². The molecule has 0 atom stereocenters. The fraction of sp³-hybridized carbons (Fsp3) is 0.591. The van der Waals surface area contributed by atoms with Crippen molar-refractivity contribution in [1.82, 2.24) is 5.32 Å². The second-order valence-corrected chi connectivity index (χ2v) is 9.23. The van der Waals surface area contributed by atoms with Gasteiger partial charge in [0.1, 0.15) is 0 Å². The zero-order valence-electron chi connectivity index (χ0n) is 16.3. The molecule has 4 aliphatic rings. The van der Waals surface area contributed by atoms with E-state index in [9.17, 15) is 9.59 Å². The normalized spacial score (nSPS) is 30.0. The first-order valence-corrected chi connectivity index (χ1v) is 10.8. The first-order valence-electron chi connectivity index (χ1n) is 10.4. The van der Waals surface area contributed by atoms with Crippen molar-refractivity contribution in [3.63, 3.8) is 0 Å². The predicted molar refractivity (Wildman–Crippen MR) is 112 cm³/mol. The summed E-state index contributed by atoms with van der Waals surface area (Å²) < 4.78 is 5.13. The quantitative estimate of drug-likeness (QED) is 0.570. The summed E-state index contributed by atoms with van der Waals surface area (Å²) in [7, 11) is 0. The van der Waals surface area contributed by atoms with Crippen molar-refractivity contribution in [3.8, 4) is 0 Å². The van der Waals surface area contributed by atoms with Crippen molar-refractivity contribution in [1.29, 1.82) is 0 Å². The third kappa shape index (κ3) is 3.93. The average Bonchev–Trinajstić information content (AvgIpc) is 2.65. The van der Waals surface area contributed by atoms with E-state index in [1.165, 1.54) is 19.3 Å². The van der Waals surface area contributed by atoms with Gasteiger partial charge in [0, 0.05) is 5.69 Å². The molecule has 5 nitrogen and oxygen atoms in total. The van der Waals surface area contributed by atoms with Gasteiger partial charge in [-0.05, 0) is 99.2 Å². The number of ether oxygens (including phenoxy) is 1. The molecule has 28 heavy (non-hydrogen) atoms. The smallest absolute Gasteiger partial charge is 0.338 e. The maximum atomic E-state index is 13.0. The summed E-state index contributed by atoms with van der Waals surface area (Å²) in [5.41, 5.74) is 1.03. The Kier molecular flexibility index (Phi) is 5.41. The van der Waals surface area contributed by atoms with Crippen molar-refractivity contribution in [2.75, 3.05) is 11.9 Å². The van der Waals surface area contributed by atoms with Gasteiger partial charge in [0.25, 0.3) is 0 Å². The van der Waals surface area contributed by atoms with E-state index in [2.05, 4.69) is 10.6 Å². The highest BCUT2D eigenvalue weighted by Crippen LogP contribution is 2.60. The number of hydrogen-bond donors (Lipinski definition) is 2. The Bertz CT molecular complexity index is 739. The maximum Gasteiger partial charge on any atom is 0.338 e. The van der Waals surface area contributed by atoms with Crippen molar-refractivity contribution in [2.45, 2.75) is 51.9 Å². The lowest BCUT2D eigenvalue weighted by Gasteiger charge is -2.55. The number of nitrogens with one attached hydrogen (secondary N) is 2. The number of thiocarbonyl (C=S) groups is 1. The van der Waals surface area contributed by atoms with Crippen LogP contribution in [-0.4, -0.2) is 23.6 Å². The molecule has 6 heteroatoms. The van der Waals surface area contributed by atoms with Crippen molar-refractivity contribution in [2.24, 2.45) is 23.2 Å². The molecule has 0 aromatic heterocycles. The molecule has 0 heterocycles. The predicted octanol–water partition coefficient (Wildman–Crippen LogP) is 4.28. The Morgan fingerprint density at radius 3 is 2.18 bits per heavy atom. The summed E-state index contributed by atoms with van der Waals surface area (Å²) in [4.78, 5) is 24.9. The second kappa shape index (κ2) is 7.82. The molecule has 4 fully saturated rings. The number of amides is 1. The number of hydrogen-bond acceptors (Lipinski definition) is 4. The highest BCUT2D eigenvalue weighted by atomic mass is 32.1. The fourth-order valence-electron chi connectivity index (χ4n) is 5.75. The molecule has 0 unspecified atom stereocenters. The minimum absolute atomic E-state index is 0.0869. The van der Waals surface area contributed by atoms with Crippen LogP contribution in [0.1, 0.15) is 62.2 Å². The van der Waals surface area contributed by atoms with E-state index in [4.69, 9.17) is 17.0 Å². The third-order valence-corrected chi connectivity index (χ3v) is 6.77. The Morgan fingerprint density at radius 1 is 1.07 bits per heavy atom. The van der Waals surface area contributed by atoms with Gasteiger partial charge in [-0.2, -0.15) is 0 Å². The molecule has 0 saturated heterocycles. The van der Waals surface area contributed by atoms with E-state index < -0.39 is 0 Å². The zero-order valence-corrected chi connectivity index (χ0v) is 17.1. The molecule has 0 aliphatic heterocycles. The highest BCUT2D eigenvalue weighted by molar-refractivity contribution is 7.80. The van der Waals surface area contributed by atoms with Gasteiger partial charge in [0.15, 0.2) is 5.11 Å². The maximum absolute atomic E-state index is 13.0. The SMILES string of the molecule is CCCOC(=O)c1ccc(NC(=S)NC(=O)C23CC4CC(CC(C4)C2)C3)cc1. The van der Waals surface area contributed by atoms with Gasteiger partial charge in [-0.3, -0.25) is 4.79 Å². The summed E-state index contributed by atoms with van der Waals surface area (Å²) in [5, 5.41) is 6.32. The van der Waals surface area contributed by atoms with E-state index in [1.54, 1.807) is 24.3 Å². The molecule has 5 rings (SSSR count). The van der Waals surface area contributed by atoms with Crippen LogP contribution < -0.4 is 10.6 Å². The topological polar surface area (TPSA) is 67.4 Å². The van der Waals surface area contributed by atoms with E-state index in [-0.39, 0.29) is 17.3 Å². The van der Waals surface area contributed by atoms with Gasteiger partial charge in [-0.1, -0.05) is 6.92 Å². The van der Waals surface area contributed by atoms with Gasteiger partial charge in [0.05, 0.1) is 17.6 Å². The monoisotopic (exact) mass is 400 g/mol. The van der Waals surface area contributed by atoms with Crippen LogP contribution in [0.2, 0.25) is 0 Å². The first-order chi connectivity index (χ1) is 13.5.